The number of ether oxygens (including phenoxy) is 3. The lowest BCUT2D eigenvalue weighted by Gasteiger charge is -2.16. The average Bonchev–Trinajstić information content (AvgIpc) is 2.61. The number of anilines is 1. The summed E-state index contributed by atoms with van der Waals surface area (Å²) in [6.45, 7) is 0. The Morgan fingerprint density at radius 2 is 1.62 bits per heavy atom. The summed E-state index contributed by atoms with van der Waals surface area (Å²) >= 11 is 0. The molecule has 0 fully saturated rings. The number of nitrogens with one attached hydrogen (secondary N) is 1. The Labute approximate surface area is 141 Å². The normalized spacial score (nSPS) is 11.5. The first-order valence-electron chi connectivity index (χ1n) is 7.49. The van der Waals surface area contributed by atoms with Crippen LogP contribution in [0.3, 0.4) is 0 Å². The molecule has 128 valence electrons. The van der Waals surface area contributed by atoms with Gasteiger partial charge in [-0.2, -0.15) is 0 Å². The Bertz CT molecular complexity index is 664. The molecular weight excluding hydrogens is 308 g/mol. The fourth-order valence-corrected chi connectivity index (χ4v) is 2.35. The van der Waals surface area contributed by atoms with E-state index in [-0.39, 0.29) is 5.91 Å². The molecule has 0 heterocycles. The summed E-state index contributed by atoms with van der Waals surface area (Å²) in [5.74, 6) is 1.10. The number of carbonyl (C=O) groups excluding carboxylic acids is 1. The Morgan fingerprint density at radius 3 is 2.12 bits per heavy atom. The van der Waals surface area contributed by atoms with Crippen molar-refractivity contribution in [3.63, 3.8) is 0 Å². The zero-order valence-electron chi connectivity index (χ0n) is 14.0. The highest BCUT2D eigenvalue weighted by atomic mass is 16.5. The second-order valence-electron chi connectivity index (χ2n) is 5.20. The predicted molar refractivity (Wildman–Crippen MR) is 92.8 cm³/mol. The Kier molecular flexibility index (Phi) is 6.03. The molecule has 0 bridgehead atoms. The van der Waals surface area contributed by atoms with Crippen LogP contribution in [0.15, 0.2) is 42.5 Å². The standard InChI is InChI=1S/C18H22N2O4/c1-22-15-10-13(11-16(23-2)17(15)24-3)20-18(21)14(19)9-12-7-5-4-6-8-12/h4-8,10-11,14H,9,19H2,1-3H3,(H,20,21)/t14-/m0/s1. The lowest BCUT2D eigenvalue weighted by molar-refractivity contribution is -0.117. The number of methoxy groups -OCH3 is 3. The Balaban J connectivity index is 2.13. The maximum absolute atomic E-state index is 12.3. The Hall–Kier alpha value is -2.73. The van der Waals surface area contributed by atoms with E-state index in [2.05, 4.69) is 5.32 Å². The van der Waals surface area contributed by atoms with Gasteiger partial charge >= 0.3 is 0 Å². The first-order chi connectivity index (χ1) is 11.6. The van der Waals surface area contributed by atoms with Crippen LogP contribution in [-0.4, -0.2) is 33.3 Å². The molecule has 0 aromatic heterocycles. The number of carbonyl (C=O) groups is 1. The molecule has 0 aliphatic carbocycles. The third-order valence-corrected chi connectivity index (χ3v) is 3.57. The minimum absolute atomic E-state index is 0.284. The lowest BCUT2D eigenvalue weighted by Crippen LogP contribution is -2.37. The van der Waals surface area contributed by atoms with E-state index in [4.69, 9.17) is 19.9 Å². The molecule has 0 aliphatic heterocycles. The zero-order valence-corrected chi connectivity index (χ0v) is 14.0. The SMILES string of the molecule is COc1cc(NC(=O)[C@@H](N)Cc2ccccc2)cc(OC)c1OC. The van der Waals surface area contributed by atoms with Crippen LogP contribution in [0.2, 0.25) is 0 Å². The first kappa shape index (κ1) is 17.6. The van der Waals surface area contributed by atoms with Crippen LogP contribution in [0.1, 0.15) is 5.56 Å². The van der Waals surface area contributed by atoms with Crippen molar-refractivity contribution in [1.82, 2.24) is 0 Å². The highest BCUT2D eigenvalue weighted by Gasteiger charge is 2.18. The molecule has 0 aliphatic rings. The molecule has 1 atom stereocenters. The fraction of sp³-hybridized carbons (Fsp3) is 0.278. The van der Waals surface area contributed by atoms with E-state index in [0.717, 1.165) is 5.56 Å². The number of benzene rings is 2. The molecule has 0 radical (unpaired) electrons. The summed E-state index contributed by atoms with van der Waals surface area (Å²) in [6.07, 6.45) is 0.455. The summed E-state index contributed by atoms with van der Waals surface area (Å²) in [6, 6.07) is 12.3. The molecule has 2 rings (SSSR count). The van der Waals surface area contributed by atoms with Gasteiger partial charge < -0.3 is 25.3 Å². The molecule has 24 heavy (non-hydrogen) atoms. The zero-order chi connectivity index (χ0) is 17.5. The van der Waals surface area contributed by atoms with E-state index >= 15 is 0 Å². The van der Waals surface area contributed by atoms with Gasteiger partial charge in [0.1, 0.15) is 0 Å². The quantitative estimate of drug-likeness (QED) is 0.813. The van der Waals surface area contributed by atoms with Crippen LogP contribution in [0.25, 0.3) is 0 Å². The third kappa shape index (κ3) is 4.17. The highest BCUT2D eigenvalue weighted by molar-refractivity contribution is 5.95. The second-order valence-corrected chi connectivity index (χ2v) is 5.20. The summed E-state index contributed by atoms with van der Waals surface area (Å²) < 4.78 is 15.8. The van der Waals surface area contributed by atoms with Gasteiger partial charge in [0.05, 0.1) is 27.4 Å². The summed E-state index contributed by atoms with van der Waals surface area (Å²) in [5.41, 5.74) is 7.53. The monoisotopic (exact) mass is 330 g/mol. The van der Waals surface area contributed by atoms with E-state index in [1.807, 2.05) is 30.3 Å². The van der Waals surface area contributed by atoms with Crippen molar-refractivity contribution < 1.29 is 19.0 Å². The van der Waals surface area contributed by atoms with Gasteiger partial charge in [-0.15, -0.1) is 0 Å². The molecule has 6 heteroatoms. The van der Waals surface area contributed by atoms with Crippen LogP contribution in [0.4, 0.5) is 5.69 Å². The van der Waals surface area contributed by atoms with Crippen LogP contribution in [0, 0.1) is 0 Å². The molecule has 0 spiro atoms. The van der Waals surface area contributed by atoms with Gasteiger partial charge in [0.25, 0.3) is 0 Å². The van der Waals surface area contributed by atoms with Crippen molar-refractivity contribution in [2.75, 3.05) is 26.6 Å². The topological polar surface area (TPSA) is 82.8 Å². The summed E-state index contributed by atoms with van der Waals surface area (Å²) in [5, 5.41) is 2.78. The van der Waals surface area contributed by atoms with Gasteiger partial charge in [-0.1, -0.05) is 30.3 Å². The molecule has 2 aromatic rings. The van der Waals surface area contributed by atoms with E-state index in [1.165, 1.54) is 21.3 Å². The predicted octanol–water partition coefficient (Wildman–Crippen LogP) is 2.22. The molecule has 0 saturated heterocycles. The summed E-state index contributed by atoms with van der Waals surface area (Å²) in [4.78, 5) is 12.3. The van der Waals surface area contributed by atoms with Crippen molar-refractivity contribution in [3.8, 4) is 17.2 Å². The molecule has 1 amide bonds. The van der Waals surface area contributed by atoms with Crippen molar-refractivity contribution in [2.45, 2.75) is 12.5 Å². The largest absolute Gasteiger partial charge is 0.493 e. The van der Waals surface area contributed by atoms with Crippen LogP contribution >= 0.6 is 0 Å². The third-order valence-electron chi connectivity index (χ3n) is 3.57. The van der Waals surface area contributed by atoms with Gasteiger partial charge in [-0.25, -0.2) is 0 Å². The number of rotatable bonds is 7. The van der Waals surface area contributed by atoms with Gasteiger partial charge in [0, 0.05) is 17.8 Å². The first-order valence-corrected chi connectivity index (χ1v) is 7.49. The average molecular weight is 330 g/mol. The number of amides is 1. The van der Waals surface area contributed by atoms with Crippen molar-refractivity contribution in [2.24, 2.45) is 5.73 Å². The molecule has 3 N–H and O–H groups in total. The minimum atomic E-state index is -0.661. The van der Waals surface area contributed by atoms with E-state index in [1.54, 1.807) is 12.1 Å². The lowest BCUT2D eigenvalue weighted by atomic mass is 10.1. The van der Waals surface area contributed by atoms with Crippen molar-refractivity contribution in [3.05, 3.63) is 48.0 Å². The van der Waals surface area contributed by atoms with Crippen molar-refractivity contribution >= 4 is 11.6 Å². The maximum atomic E-state index is 12.3. The number of hydrogen-bond donors (Lipinski definition) is 2. The van der Waals surface area contributed by atoms with Crippen LogP contribution < -0.4 is 25.3 Å². The minimum Gasteiger partial charge on any atom is -0.493 e. The van der Waals surface area contributed by atoms with E-state index in [9.17, 15) is 4.79 Å². The number of hydrogen-bond acceptors (Lipinski definition) is 5. The van der Waals surface area contributed by atoms with Gasteiger partial charge in [0.15, 0.2) is 11.5 Å². The number of nitrogens with two attached hydrogens (primary N) is 1. The van der Waals surface area contributed by atoms with Gasteiger partial charge in [0.2, 0.25) is 11.7 Å². The highest BCUT2D eigenvalue weighted by Crippen LogP contribution is 2.39. The van der Waals surface area contributed by atoms with Crippen LogP contribution in [0.5, 0.6) is 17.2 Å². The van der Waals surface area contributed by atoms with Gasteiger partial charge in [-0.05, 0) is 12.0 Å². The Morgan fingerprint density at radius 1 is 1.04 bits per heavy atom. The second kappa shape index (κ2) is 8.21. The fourth-order valence-electron chi connectivity index (χ4n) is 2.35. The summed E-state index contributed by atoms with van der Waals surface area (Å²) in [7, 11) is 4.56. The molecule has 0 unspecified atom stereocenters. The van der Waals surface area contributed by atoms with E-state index in [0.29, 0.717) is 29.4 Å². The van der Waals surface area contributed by atoms with Gasteiger partial charge in [-0.3, -0.25) is 4.79 Å². The van der Waals surface area contributed by atoms with Crippen molar-refractivity contribution in [1.29, 1.82) is 0 Å². The maximum Gasteiger partial charge on any atom is 0.241 e. The molecule has 0 saturated carbocycles. The molecule has 2 aromatic carbocycles. The molecule has 6 nitrogen and oxygen atoms in total. The van der Waals surface area contributed by atoms with E-state index < -0.39 is 6.04 Å². The van der Waals surface area contributed by atoms with Crippen LogP contribution in [-0.2, 0) is 11.2 Å². The smallest absolute Gasteiger partial charge is 0.241 e. The molecular formula is C18H22N2O4.